The molecule has 0 bridgehead atoms. The molecule has 0 aliphatic rings. The molecular weight excluding hydrogens is 323 g/mol. The minimum atomic E-state index is -0.505. The molecule has 0 spiro atoms. The number of hydrogen-bond acceptors (Lipinski definition) is 3. The van der Waals surface area contributed by atoms with Crippen molar-refractivity contribution in [1.82, 2.24) is 10.6 Å². The molecule has 128 valence electrons. The average molecular weight is 340 g/mol. The molecule has 5 nitrogen and oxygen atoms in total. The van der Waals surface area contributed by atoms with Crippen molar-refractivity contribution in [3.05, 3.63) is 71.2 Å². The Morgan fingerprint density at radius 2 is 1.64 bits per heavy atom. The highest BCUT2D eigenvalue weighted by Gasteiger charge is 2.19. The van der Waals surface area contributed by atoms with E-state index in [0.717, 1.165) is 0 Å². The Morgan fingerprint density at radius 3 is 2.32 bits per heavy atom. The molecule has 0 unspecified atom stereocenters. The third-order valence-electron chi connectivity index (χ3n) is 3.85. The number of para-hydroxylation sites is 1. The van der Waals surface area contributed by atoms with Crippen molar-refractivity contribution < 1.29 is 18.4 Å². The molecule has 2 amide bonds. The molecule has 0 aliphatic carbocycles. The van der Waals surface area contributed by atoms with Crippen molar-refractivity contribution >= 4 is 22.8 Å². The van der Waals surface area contributed by atoms with E-state index < -0.39 is 11.7 Å². The van der Waals surface area contributed by atoms with Crippen LogP contribution in [0, 0.1) is 12.7 Å². The zero-order valence-electron chi connectivity index (χ0n) is 13.6. The van der Waals surface area contributed by atoms with Gasteiger partial charge >= 0.3 is 0 Å². The second kappa shape index (κ2) is 7.17. The van der Waals surface area contributed by atoms with Gasteiger partial charge in [0.2, 0.25) is 0 Å². The predicted octanol–water partition coefficient (Wildman–Crippen LogP) is 3.04. The maximum atomic E-state index is 13.7. The summed E-state index contributed by atoms with van der Waals surface area (Å²) in [6.45, 7) is 2.21. The topological polar surface area (TPSA) is 71.3 Å². The van der Waals surface area contributed by atoms with Gasteiger partial charge in [-0.05, 0) is 25.1 Å². The van der Waals surface area contributed by atoms with E-state index in [1.807, 2.05) is 6.07 Å². The number of hydrogen-bond donors (Lipinski definition) is 2. The number of aryl methyl sites for hydroxylation is 1. The van der Waals surface area contributed by atoms with E-state index >= 15 is 0 Å². The van der Waals surface area contributed by atoms with Crippen LogP contribution in [0.3, 0.4) is 0 Å². The Hall–Kier alpha value is -3.15. The van der Waals surface area contributed by atoms with Gasteiger partial charge < -0.3 is 15.1 Å². The lowest BCUT2D eigenvalue weighted by atomic mass is 10.1. The molecule has 2 N–H and O–H groups in total. The number of benzene rings is 2. The summed E-state index contributed by atoms with van der Waals surface area (Å²) in [4.78, 5) is 24.1. The van der Waals surface area contributed by atoms with E-state index in [4.69, 9.17) is 4.42 Å². The summed E-state index contributed by atoms with van der Waals surface area (Å²) in [5.41, 5.74) is 1.21. The first kappa shape index (κ1) is 16.7. The molecular formula is C19H17FN2O3. The number of carbonyl (C=O) groups is 2. The normalized spacial score (nSPS) is 10.6. The lowest BCUT2D eigenvalue weighted by Gasteiger charge is -2.06. The third-order valence-corrected chi connectivity index (χ3v) is 3.85. The van der Waals surface area contributed by atoms with E-state index in [0.29, 0.717) is 16.5 Å². The Balaban J connectivity index is 1.57. The number of carbonyl (C=O) groups excluding carboxylic acids is 2. The van der Waals surface area contributed by atoms with Gasteiger partial charge in [0.1, 0.15) is 0 Å². The van der Waals surface area contributed by atoms with Gasteiger partial charge in [-0.2, -0.15) is 0 Å². The fourth-order valence-corrected chi connectivity index (χ4v) is 2.55. The highest BCUT2D eigenvalue weighted by atomic mass is 19.1. The number of rotatable bonds is 5. The number of furan rings is 1. The number of nitrogens with one attached hydrogen (secondary N) is 2. The van der Waals surface area contributed by atoms with Crippen LogP contribution < -0.4 is 10.6 Å². The van der Waals surface area contributed by atoms with Gasteiger partial charge in [-0.1, -0.05) is 30.3 Å². The second-order valence-corrected chi connectivity index (χ2v) is 5.55. The van der Waals surface area contributed by atoms with Gasteiger partial charge in [0.15, 0.2) is 17.2 Å². The second-order valence-electron chi connectivity index (χ2n) is 5.55. The van der Waals surface area contributed by atoms with Crippen LogP contribution in [0.2, 0.25) is 0 Å². The monoisotopic (exact) mass is 340 g/mol. The molecule has 0 aliphatic heterocycles. The van der Waals surface area contributed by atoms with Gasteiger partial charge in [-0.25, -0.2) is 4.39 Å². The van der Waals surface area contributed by atoms with E-state index in [1.165, 1.54) is 6.07 Å². The maximum absolute atomic E-state index is 13.7. The van der Waals surface area contributed by atoms with Gasteiger partial charge in [0.25, 0.3) is 11.8 Å². The third kappa shape index (κ3) is 3.52. The molecule has 0 radical (unpaired) electrons. The molecule has 0 saturated heterocycles. The van der Waals surface area contributed by atoms with Crippen molar-refractivity contribution in [2.45, 2.75) is 6.92 Å². The average Bonchev–Trinajstić information content (AvgIpc) is 2.97. The van der Waals surface area contributed by atoms with E-state index in [-0.39, 0.29) is 30.3 Å². The standard InChI is InChI=1S/C19H17FN2O3/c1-12-14-8-5-9-15(20)17(14)25-16(12)19(24)22-11-10-21-18(23)13-6-3-2-4-7-13/h2-9H,10-11H2,1H3,(H,21,23)(H,22,24). The summed E-state index contributed by atoms with van der Waals surface area (Å²) in [7, 11) is 0. The first-order chi connectivity index (χ1) is 12.1. The zero-order valence-corrected chi connectivity index (χ0v) is 13.6. The van der Waals surface area contributed by atoms with E-state index in [9.17, 15) is 14.0 Å². The van der Waals surface area contributed by atoms with Crippen molar-refractivity contribution in [3.8, 4) is 0 Å². The summed E-state index contributed by atoms with van der Waals surface area (Å²) >= 11 is 0. The predicted molar refractivity (Wildman–Crippen MR) is 92.0 cm³/mol. The number of amides is 2. The fraction of sp³-hybridized carbons (Fsp3) is 0.158. The largest absolute Gasteiger partial charge is 0.448 e. The van der Waals surface area contributed by atoms with Crippen molar-refractivity contribution in [1.29, 1.82) is 0 Å². The van der Waals surface area contributed by atoms with Crippen LogP contribution in [0.15, 0.2) is 52.9 Å². The highest BCUT2D eigenvalue weighted by Crippen LogP contribution is 2.27. The van der Waals surface area contributed by atoms with Crippen LogP contribution in [-0.2, 0) is 0 Å². The van der Waals surface area contributed by atoms with E-state index in [2.05, 4.69) is 10.6 Å². The van der Waals surface area contributed by atoms with Crippen LogP contribution in [0.1, 0.15) is 26.5 Å². The van der Waals surface area contributed by atoms with Crippen LogP contribution in [0.5, 0.6) is 0 Å². The minimum Gasteiger partial charge on any atom is -0.448 e. The zero-order chi connectivity index (χ0) is 17.8. The highest BCUT2D eigenvalue weighted by molar-refractivity contribution is 5.99. The van der Waals surface area contributed by atoms with Crippen molar-refractivity contribution in [2.75, 3.05) is 13.1 Å². The minimum absolute atomic E-state index is 0.0718. The Morgan fingerprint density at radius 1 is 0.960 bits per heavy atom. The molecule has 25 heavy (non-hydrogen) atoms. The van der Waals surface area contributed by atoms with Crippen molar-refractivity contribution in [3.63, 3.8) is 0 Å². The SMILES string of the molecule is Cc1c(C(=O)NCCNC(=O)c2ccccc2)oc2c(F)cccc12. The first-order valence-electron chi connectivity index (χ1n) is 7.87. The first-order valence-corrected chi connectivity index (χ1v) is 7.87. The molecule has 0 fully saturated rings. The molecule has 1 aromatic heterocycles. The quantitative estimate of drug-likeness (QED) is 0.701. The van der Waals surface area contributed by atoms with Gasteiger partial charge in [-0.3, -0.25) is 9.59 Å². The molecule has 0 atom stereocenters. The summed E-state index contributed by atoms with van der Waals surface area (Å²) < 4.78 is 19.1. The Bertz CT molecular complexity index is 919. The smallest absolute Gasteiger partial charge is 0.287 e. The van der Waals surface area contributed by atoms with Crippen LogP contribution in [0.4, 0.5) is 4.39 Å². The molecule has 3 rings (SSSR count). The lowest BCUT2D eigenvalue weighted by molar-refractivity contribution is 0.0911. The molecule has 3 aromatic rings. The van der Waals surface area contributed by atoms with Crippen LogP contribution in [-0.4, -0.2) is 24.9 Å². The summed E-state index contributed by atoms with van der Waals surface area (Å²) in [5, 5.41) is 5.94. The molecule has 2 aromatic carbocycles. The molecule has 1 heterocycles. The summed E-state index contributed by atoms with van der Waals surface area (Å²) in [5.74, 6) is -1.08. The molecule has 0 saturated carbocycles. The van der Waals surface area contributed by atoms with E-state index in [1.54, 1.807) is 43.3 Å². The summed E-state index contributed by atoms with van der Waals surface area (Å²) in [6, 6.07) is 13.4. The molecule has 6 heteroatoms. The van der Waals surface area contributed by atoms with Gasteiger partial charge in [-0.15, -0.1) is 0 Å². The Kier molecular flexibility index (Phi) is 4.79. The number of halogens is 1. The van der Waals surface area contributed by atoms with Gasteiger partial charge in [0.05, 0.1) is 0 Å². The van der Waals surface area contributed by atoms with Crippen LogP contribution in [0.25, 0.3) is 11.0 Å². The van der Waals surface area contributed by atoms with Gasteiger partial charge in [0, 0.05) is 29.6 Å². The fourth-order valence-electron chi connectivity index (χ4n) is 2.55. The summed E-state index contributed by atoms with van der Waals surface area (Å²) in [6.07, 6.45) is 0. The number of fused-ring (bicyclic) bond motifs is 1. The van der Waals surface area contributed by atoms with Crippen molar-refractivity contribution in [2.24, 2.45) is 0 Å². The van der Waals surface area contributed by atoms with Crippen LogP contribution >= 0.6 is 0 Å². The Labute approximate surface area is 143 Å². The lowest BCUT2D eigenvalue weighted by Crippen LogP contribution is -2.34. The maximum Gasteiger partial charge on any atom is 0.287 e.